The Hall–Kier alpha value is -1.79. The fraction of sp³-hybridized carbons (Fsp3) is 0.429. The maximum atomic E-state index is 11.5. The molecule has 0 spiro atoms. The van der Waals surface area contributed by atoms with Gasteiger partial charge in [-0.2, -0.15) is 0 Å². The lowest BCUT2D eigenvalue weighted by molar-refractivity contribution is -0.120. The van der Waals surface area contributed by atoms with E-state index in [1.165, 1.54) is 0 Å². The molecule has 0 fully saturated rings. The van der Waals surface area contributed by atoms with Gasteiger partial charge < -0.3 is 21.3 Å². The van der Waals surface area contributed by atoms with E-state index in [4.69, 9.17) is 11.6 Å². The van der Waals surface area contributed by atoms with Gasteiger partial charge in [-0.05, 0) is 31.7 Å². The smallest absolute Gasteiger partial charge is 0.315 e. The number of likely N-dealkylation sites (N-methyl/N-ethyl adjacent to an activating group) is 1. The summed E-state index contributed by atoms with van der Waals surface area (Å²) >= 11 is 5.77. The zero-order valence-corrected chi connectivity index (χ0v) is 13.0. The van der Waals surface area contributed by atoms with Gasteiger partial charge in [-0.1, -0.05) is 23.7 Å². The monoisotopic (exact) mass is 312 g/mol. The van der Waals surface area contributed by atoms with Gasteiger partial charge in [0.05, 0.1) is 6.54 Å². The molecule has 7 heteroatoms. The van der Waals surface area contributed by atoms with E-state index in [2.05, 4.69) is 21.3 Å². The lowest BCUT2D eigenvalue weighted by Crippen LogP contribution is -2.44. The van der Waals surface area contributed by atoms with Crippen LogP contribution in [0.25, 0.3) is 0 Å². The summed E-state index contributed by atoms with van der Waals surface area (Å²) in [7, 11) is 1.82. The molecular formula is C14H21ClN4O2. The minimum Gasteiger partial charge on any atom is -0.353 e. The van der Waals surface area contributed by atoms with Crippen LogP contribution in [0.1, 0.15) is 12.5 Å². The van der Waals surface area contributed by atoms with Gasteiger partial charge in [-0.25, -0.2) is 4.79 Å². The summed E-state index contributed by atoms with van der Waals surface area (Å²) in [6.07, 6.45) is 0. The minimum atomic E-state index is -0.387. The van der Waals surface area contributed by atoms with Crippen molar-refractivity contribution in [1.82, 2.24) is 21.3 Å². The average Bonchev–Trinajstić information content (AvgIpc) is 2.49. The first kappa shape index (κ1) is 17.3. The molecular weight excluding hydrogens is 292 g/mol. The van der Waals surface area contributed by atoms with Crippen LogP contribution in [0.4, 0.5) is 4.79 Å². The van der Waals surface area contributed by atoms with E-state index >= 15 is 0 Å². The molecule has 0 aliphatic rings. The number of halogens is 1. The first-order valence-electron chi connectivity index (χ1n) is 6.71. The van der Waals surface area contributed by atoms with Gasteiger partial charge >= 0.3 is 6.03 Å². The first-order valence-corrected chi connectivity index (χ1v) is 7.09. The second-order valence-electron chi connectivity index (χ2n) is 4.66. The van der Waals surface area contributed by atoms with Crippen LogP contribution in [0, 0.1) is 0 Å². The van der Waals surface area contributed by atoms with Crippen molar-refractivity contribution >= 4 is 23.5 Å². The summed E-state index contributed by atoms with van der Waals surface area (Å²) in [6, 6.07) is 6.97. The lowest BCUT2D eigenvalue weighted by atomic mass is 10.2. The van der Waals surface area contributed by atoms with Crippen molar-refractivity contribution in [3.63, 3.8) is 0 Å². The van der Waals surface area contributed by atoms with Gasteiger partial charge in [-0.3, -0.25) is 4.79 Å². The number of nitrogens with one attached hydrogen (secondary N) is 4. The van der Waals surface area contributed by atoms with Crippen LogP contribution in [-0.4, -0.2) is 38.1 Å². The molecule has 0 radical (unpaired) electrons. The number of carbonyl (C=O) groups is 2. The minimum absolute atomic E-state index is 0.0527. The number of urea groups is 1. The topological polar surface area (TPSA) is 82.3 Å². The van der Waals surface area contributed by atoms with Crippen LogP contribution >= 0.6 is 11.6 Å². The predicted octanol–water partition coefficient (Wildman–Crippen LogP) is 0.863. The van der Waals surface area contributed by atoms with Gasteiger partial charge in [0.15, 0.2) is 0 Å². The number of benzene rings is 1. The number of hydrogen-bond donors (Lipinski definition) is 4. The quantitative estimate of drug-likeness (QED) is 0.603. The molecule has 0 aliphatic heterocycles. The molecule has 1 rings (SSSR count). The van der Waals surface area contributed by atoms with E-state index in [9.17, 15) is 9.59 Å². The molecule has 0 aromatic heterocycles. The summed E-state index contributed by atoms with van der Waals surface area (Å²) in [6.45, 7) is 2.79. The molecule has 1 atom stereocenters. The van der Waals surface area contributed by atoms with Crippen molar-refractivity contribution in [2.24, 2.45) is 0 Å². The summed E-state index contributed by atoms with van der Waals surface area (Å²) in [5.41, 5.74) is 0.932. The standard InChI is InChI=1S/C14H21ClN4O2/c1-10(16-2)7-17-13(20)9-19-14(21)18-8-11-3-5-12(15)6-4-11/h3-6,10,16H,7-9H2,1-2H3,(H,17,20)(H2,18,19,21). The molecule has 4 N–H and O–H groups in total. The van der Waals surface area contributed by atoms with Crippen LogP contribution in [0.15, 0.2) is 24.3 Å². The summed E-state index contributed by atoms with van der Waals surface area (Å²) in [4.78, 5) is 23.0. The Labute approximate surface area is 129 Å². The SMILES string of the molecule is CNC(C)CNC(=O)CNC(=O)NCc1ccc(Cl)cc1. The maximum absolute atomic E-state index is 11.5. The Balaban J connectivity index is 2.19. The van der Waals surface area contributed by atoms with Crippen molar-refractivity contribution in [3.8, 4) is 0 Å². The van der Waals surface area contributed by atoms with E-state index in [1.807, 2.05) is 26.1 Å². The normalized spacial score (nSPS) is 11.6. The second kappa shape index (κ2) is 9.20. The van der Waals surface area contributed by atoms with Crippen LogP contribution in [-0.2, 0) is 11.3 Å². The molecule has 1 unspecified atom stereocenters. The van der Waals surface area contributed by atoms with E-state index in [0.717, 1.165) is 5.56 Å². The Kier molecular flexibility index (Phi) is 7.56. The van der Waals surface area contributed by atoms with E-state index in [0.29, 0.717) is 18.1 Å². The molecule has 0 saturated carbocycles. The molecule has 0 aliphatic carbocycles. The van der Waals surface area contributed by atoms with Crippen molar-refractivity contribution in [1.29, 1.82) is 0 Å². The fourth-order valence-corrected chi connectivity index (χ4v) is 1.57. The third-order valence-corrected chi connectivity index (χ3v) is 3.13. The fourth-order valence-electron chi connectivity index (χ4n) is 1.44. The molecule has 116 valence electrons. The van der Waals surface area contributed by atoms with Crippen molar-refractivity contribution < 1.29 is 9.59 Å². The van der Waals surface area contributed by atoms with Crippen LogP contribution in [0.2, 0.25) is 5.02 Å². The number of hydrogen-bond acceptors (Lipinski definition) is 3. The Morgan fingerprint density at radius 1 is 1.14 bits per heavy atom. The molecule has 1 aromatic carbocycles. The summed E-state index contributed by atoms with van der Waals surface area (Å²) in [5.74, 6) is -0.223. The summed E-state index contributed by atoms with van der Waals surface area (Å²) < 4.78 is 0. The van der Waals surface area contributed by atoms with Gasteiger partial charge in [0.2, 0.25) is 5.91 Å². The van der Waals surface area contributed by atoms with Gasteiger partial charge in [0.25, 0.3) is 0 Å². The van der Waals surface area contributed by atoms with E-state index < -0.39 is 0 Å². The van der Waals surface area contributed by atoms with Crippen LogP contribution in [0.3, 0.4) is 0 Å². The third-order valence-electron chi connectivity index (χ3n) is 2.87. The summed E-state index contributed by atoms with van der Waals surface area (Å²) in [5, 5.41) is 11.5. The zero-order chi connectivity index (χ0) is 15.7. The molecule has 0 bridgehead atoms. The average molecular weight is 313 g/mol. The van der Waals surface area contributed by atoms with Gasteiger partial charge in [-0.15, -0.1) is 0 Å². The Morgan fingerprint density at radius 3 is 2.43 bits per heavy atom. The van der Waals surface area contributed by atoms with Crippen LogP contribution < -0.4 is 21.3 Å². The van der Waals surface area contributed by atoms with E-state index in [-0.39, 0.29) is 24.5 Å². The number of amides is 3. The van der Waals surface area contributed by atoms with Gasteiger partial charge in [0.1, 0.15) is 0 Å². The molecule has 0 saturated heterocycles. The Bertz CT molecular complexity index is 465. The molecule has 21 heavy (non-hydrogen) atoms. The lowest BCUT2D eigenvalue weighted by Gasteiger charge is -2.12. The number of rotatable bonds is 7. The van der Waals surface area contributed by atoms with E-state index in [1.54, 1.807) is 12.1 Å². The Morgan fingerprint density at radius 2 is 1.81 bits per heavy atom. The zero-order valence-electron chi connectivity index (χ0n) is 12.2. The highest BCUT2D eigenvalue weighted by molar-refractivity contribution is 6.30. The maximum Gasteiger partial charge on any atom is 0.315 e. The van der Waals surface area contributed by atoms with Gasteiger partial charge in [0, 0.05) is 24.2 Å². The number of carbonyl (C=O) groups excluding carboxylic acids is 2. The second-order valence-corrected chi connectivity index (χ2v) is 5.09. The highest BCUT2D eigenvalue weighted by atomic mass is 35.5. The highest BCUT2D eigenvalue weighted by Crippen LogP contribution is 2.08. The molecule has 3 amide bonds. The largest absolute Gasteiger partial charge is 0.353 e. The van der Waals surface area contributed by atoms with Crippen molar-refractivity contribution in [3.05, 3.63) is 34.9 Å². The first-order chi connectivity index (χ1) is 10.0. The van der Waals surface area contributed by atoms with Crippen molar-refractivity contribution in [2.75, 3.05) is 20.1 Å². The molecule has 1 aromatic rings. The van der Waals surface area contributed by atoms with Crippen LogP contribution in [0.5, 0.6) is 0 Å². The third kappa shape index (κ3) is 7.53. The van der Waals surface area contributed by atoms with Crippen molar-refractivity contribution in [2.45, 2.75) is 19.5 Å². The molecule has 6 nitrogen and oxygen atoms in total. The molecule has 0 heterocycles. The predicted molar refractivity (Wildman–Crippen MR) is 83.2 cm³/mol. The highest BCUT2D eigenvalue weighted by Gasteiger charge is 2.06.